The molecule has 0 atom stereocenters. The molecule has 0 bridgehead atoms. The molecule has 0 spiro atoms. The second-order valence-electron chi connectivity index (χ2n) is 4.61. The topological polar surface area (TPSA) is 69.0 Å². The minimum Gasteiger partial charge on any atom is -0.466 e. The Labute approximate surface area is 128 Å². The monoisotopic (exact) mass is 308 g/mol. The minimum atomic E-state index is -0.171. The van der Waals surface area contributed by atoms with E-state index in [1.165, 1.54) is 0 Å². The number of nitrogens with one attached hydrogen (secondary N) is 1. The maximum absolute atomic E-state index is 11.3. The molecule has 0 aromatic carbocycles. The molecular formula is C14H20N4O2S. The predicted molar refractivity (Wildman–Crippen MR) is 82.5 cm³/mol. The average Bonchev–Trinajstić information content (AvgIpc) is 3.06. The Hall–Kier alpha value is -1.89. The van der Waals surface area contributed by atoms with Gasteiger partial charge < -0.3 is 10.1 Å². The van der Waals surface area contributed by atoms with Crippen molar-refractivity contribution in [1.29, 1.82) is 0 Å². The minimum absolute atomic E-state index is 0.171. The summed E-state index contributed by atoms with van der Waals surface area (Å²) in [5.41, 5.74) is 1.98. The lowest BCUT2D eigenvalue weighted by molar-refractivity contribution is -0.143. The summed E-state index contributed by atoms with van der Waals surface area (Å²) in [4.78, 5) is 15.7. The SMILES string of the molecule is CCOC(=O)CCc1csc(NCCc2ccn(C)n2)n1. The molecule has 0 amide bonds. The number of nitrogens with zero attached hydrogens (tertiary/aromatic N) is 3. The second kappa shape index (κ2) is 7.78. The smallest absolute Gasteiger partial charge is 0.306 e. The summed E-state index contributed by atoms with van der Waals surface area (Å²) >= 11 is 1.55. The van der Waals surface area contributed by atoms with E-state index in [-0.39, 0.29) is 5.97 Å². The van der Waals surface area contributed by atoms with E-state index in [2.05, 4.69) is 15.4 Å². The highest BCUT2D eigenvalue weighted by molar-refractivity contribution is 7.13. The third kappa shape index (κ3) is 5.18. The van der Waals surface area contributed by atoms with E-state index in [9.17, 15) is 4.79 Å². The van der Waals surface area contributed by atoms with Gasteiger partial charge in [0.05, 0.1) is 24.4 Å². The van der Waals surface area contributed by atoms with Crippen LogP contribution in [0, 0.1) is 0 Å². The van der Waals surface area contributed by atoms with Crippen LogP contribution in [0.1, 0.15) is 24.7 Å². The number of esters is 1. The molecule has 0 aliphatic carbocycles. The number of carbonyl (C=O) groups excluding carboxylic acids is 1. The Morgan fingerprint density at radius 2 is 2.29 bits per heavy atom. The zero-order valence-corrected chi connectivity index (χ0v) is 13.2. The number of rotatable bonds is 8. The van der Waals surface area contributed by atoms with Crippen molar-refractivity contribution < 1.29 is 9.53 Å². The normalized spacial score (nSPS) is 10.6. The standard InChI is InChI=1S/C14H20N4O2S/c1-3-20-13(19)5-4-12-10-21-14(16-12)15-8-6-11-7-9-18(2)17-11/h7,9-10H,3-6,8H2,1-2H3,(H,15,16). The molecule has 2 heterocycles. The summed E-state index contributed by atoms with van der Waals surface area (Å²) in [5.74, 6) is -0.171. The van der Waals surface area contributed by atoms with Crippen LogP contribution < -0.4 is 5.32 Å². The fourth-order valence-corrected chi connectivity index (χ4v) is 2.63. The molecule has 1 N–H and O–H groups in total. The van der Waals surface area contributed by atoms with Crippen molar-refractivity contribution in [1.82, 2.24) is 14.8 Å². The van der Waals surface area contributed by atoms with Crippen molar-refractivity contribution in [3.63, 3.8) is 0 Å². The van der Waals surface area contributed by atoms with Gasteiger partial charge in [-0.05, 0) is 13.0 Å². The van der Waals surface area contributed by atoms with Crippen molar-refractivity contribution >= 4 is 22.4 Å². The number of aryl methyl sites for hydroxylation is 2. The Bertz CT molecular complexity index is 579. The number of carbonyl (C=O) groups is 1. The van der Waals surface area contributed by atoms with E-state index in [1.807, 2.05) is 31.6 Å². The number of thiazole rings is 1. The first kappa shape index (κ1) is 15.5. The number of aromatic nitrogens is 3. The van der Waals surface area contributed by atoms with Crippen LogP contribution in [0.3, 0.4) is 0 Å². The molecule has 6 nitrogen and oxygen atoms in total. The zero-order valence-electron chi connectivity index (χ0n) is 12.3. The molecule has 7 heteroatoms. The molecule has 0 saturated carbocycles. The van der Waals surface area contributed by atoms with Crippen molar-refractivity contribution in [3.8, 4) is 0 Å². The maximum atomic E-state index is 11.3. The molecule has 2 rings (SSSR count). The molecule has 2 aromatic heterocycles. The summed E-state index contributed by atoms with van der Waals surface area (Å²) in [7, 11) is 1.91. The molecule has 0 radical (unpaired) electrons. The maximum Gasteiger partial charge on any atom is 0.306 e. The number of anilines is 1. The first-order valence-corrected chi connectivity index (χ1v) is 7.87. The highest BCUT2D eigenvalue weighted by Gasteiger charge is 2.06. The Morgan fingerprint density at radius 1 is 1.43 bits per heavy atom. The van der Waals surface area contributed by atoms with Gasteiger partial charge >= 0.3 is 5.97 Å². The third-order valence-corrected chi connectivity index (χ3v) is 3.72. The summed E-state index contributed by atoms with van der Waals surface area (Å²) in [5, 5.41) is 10.5. The van der Waals surface area contributed by atoms with Gasteiger partial charge in [0, 0.05) is 38.0 Å². The predicted octanol–water partition coefficient (Wildman–Crippen LogP) is 2.03. The molecule has 21 heavy (non-hydrogen) atoms. The van der Waals surface area contributed by atoms with Crippen LogP contribution in [-0.2, 0) is 29.4 Å². The number of ether oxygens (including phenoxy) is 1. The fraction of sp³-hybridized carbons (Fsp3) is 0.500. The number of hydrogen-bond donors (Lipinski definition) is 1. The van der Waals surface area contributed by atoms with E-state index < -0.39 is 0 Å². The van der Waals surface area contributed by atoms with Crippen LogP contribution in [0.15, 0.2) is 17.6 Å². The van der Waals surface area contributed by atoms with Gasteiger partial charge in [-0.25, -0.2) is 4.98 Å². The molecule has 0 aliphatic heterocycles. The molecule has 0 unspecified atom stereocenters. The first-order valence-electron chi connectivity index (χ1n) is 6.99. The largest absolute Gasteiger partial charge is 0.466 e. The summed E-state index contributed by atoms with van der Waals surface area (Å²) in [6, 6.07) is 2.01. The van der Waals surface area contributed by atoms with Crippen molar-refractivity contribution in [2.75, 3.05) is 18.5 Å². The van der Waals surface area contributed by atoms with E-state index in [4.69, 9.17) is 4.74 Å². The van der Waals surface area contributed by atoms with Crippen LogP contribution in [0.2, 0.25) is 0 Å². The first-order chi connectivity index (χ1) is 10.2. The van der Waals surface area contributed by atoms with Crippen LogP contribution in [0.25, 0.3) is 0 Å². The summed E-state index contributed by atoms with van der Waals surface area (Å²) < 4.78 is 6.70. The lowest BCUT2D eigenvalue weighted by Crippen LogP contribution is -2.06. The highest BCUT2D eigenvalue weighted by Crippen LogP contribution is 2.16. The van der Waals surface area contributed by atoms with Gasteiger partial charge in [0.25, 0.3) is 0 Å². The molecule has 2 aromatic rings. The van der Waals surface area contributed by atoms with Crippen LogP contribution in [0.4, 0.5) is 5.13 Å². The van der Waals surface area contributed by atoms with Crippen LogP contribution in [0.5, 0.6) is 0 Å². The Balaban J connectivity index is 1.71. The van der Waals surface area contributed by atoms with Gasteiger partial charge in [-0.3, -0.25) is 9.48 Å². The van der Waals surface area contributed by atoms with Crippen molar-refractivity contribution in [2.24, 2.45) is 7.05 Å². The van der Waals surface area contributed by atoms with E-state index >= 15 is 0 Å². The van der Waals surface area contributed by atoms with E-state index in [0.717, 1.165) is 29.5 Å². The van der Waals surface area contributed by atoms with Crippen LogP contribution >= 0.6 is 11.3 Å². The highest BCUT2D eigenvalue weighted by atomic mass is 32.1. The number of hydrogen-bond acceptors (Lipinski definition) is 6. The Morgan fingerprint density at radius 3 is 3.00 bits per heavy atom. The summed E-state index contributed by atoms with van der Waals surface area (Å²) in [6.07, 6.45) is 3.80. The quantitative estimate of drug-likeness (QED) is 0.756. The van der Waals surface area contributed by atoms with Gasteiger partial charge in [0.2, 0.25) is 0 Å². The second-order valence-corrected chi connectivity index (χ2v) is 5.46. The third-order valence-electron chi connectivity index (χ3n) is 2.87. The van der Waals surface area contributed by atoms with E-state index in [1.54, 1.807) is 16.0 Å². The van der Waals surface area contributed by atoms with Gasteiger partial charge in [-0.2, -0.15) is 5.10 Å². The lowest BCUT2D eigenvalue weighted by atomic mass is 10.2. The molecule has 0 aliphatic rings. The average molecular weight is 308 g/mol. The van der Waals surface area contributed by atoms with Gasteiger partial charge in [0.1, 0.15) is 0 Å². The summed E-state index contributed by atoms with van der Waals surface area (Å²) in [6.45, 7) is 3.03. The van der Waals surface area contributed by atoms with Crippen molar-refractivity contribution in [3.05, 3.63) is 29.0 Å². The molecule has 114 valence electrons. The van der Waals surface area contributed by atoms with E-state index in [0.29, 0.717) is 19.4 Å². The lowest BCUT2D eigenvalue weighted by Gasteiger charge is -2.01. The fourth-order valence-electron chi connectivity index (χ4n) is 1.86. The molecule has 0 saturated heterocycles. The van der Waals surface area contributed by atoms with Crippen LogP contribution in [-0.4, -0.2) is 33.9 Å². The molecular weight excluding hydrogens is 288 g/mol. The van der Waals surface area contributed by atoms with Gasteiger partial charge in [0.15, 0.2) is 5.13 Å². The zero-order chi connectivity index (χ0) is 15.1. The molecule has 0 fully saturated rings. The van der Waals surface area contributed by atoms with Gasteiger partial charge in [-0.15, -0.1) is 11.3 Å². The van der Waals surface area contributed by atoms with Gasteiger partial charge in [-0.1, -0.05) is 0 Å². The van der Waals surface area contributed by atoms with Crippen molar-refractivity contribution in [2.45, 2.75) is 26.2 Å². The Kier molecular flexibility index (Phi) is 5.74.